The number of pyridine rings is 1. The van der Waals surface area contributed by atoms with Gasteiger partial charge in [0.1, 0.15) is 11.4 Å². The summed E-state index contributed by atoms with van der Waals surface area (Å²) in [7, 11) is 1.63. The van der Waals surface area contributed by atoms with Crippen LogP contribution in [0, 0.1) is 0 Å². The van der Waals surface area contributed by atoms with Crippen molar-refractivity contribution in [1.82, 2.24) is 20.0 Å². The highest BCUT2D eigenvalue weighted by atomic mass is 16.5. The van der Waals surface area contributed by atoms with E-state index < -0.39 is 5.97 Å². The molecule has 4 rings (SSSR count). The zero-order chi connectivity index (χ0) is 19.5. The third-order valence-corrected chi connectivity index (χ3v) is 4.33. The van der Waals surface area contributed by atoms with Gasteiger partial charge < -0.3 is 9.84 Å². The second-order valence-electron chi connectivity index (χ2n) is 6.09. The first-order chi connectivity index (χ1) is 13.6. The van der Waals surface area contributed by atoms with Crippen LogP contribution in [0.2, 0.25) is 0 Å². The molecule has 0 aliphatic heterocycles. The van der Waals surface area contributed by atoms with E-state index in [0.717, 1.165) is 28.1 Å². The number of aromatic nitrogens is 4. The van der Waals surface area contributed by atoms with Crippen molar-refractivity contribution in [3.8, 4) is 33.8 Å². The number of carboxylic acids is 1. The van der Waals surface area contributed by atoms with Gasteiger partial charge in [0.15, 0.2) is 0 Å². The molecule has 2 aromatic carbocycles. The number of carboxylic acid groups (broad SMARTS) is 1. The quantitative estimate of drug-likeness (QED) is 0.574. The third-order valence-electron chi connectivity index (χ3n) is 4.33. The summed E-state index contributed by atoms with van der Waals surface area (Å²) in [5.41, 5.74) is 4.40. The van der Waals surface area contributed by atoms with Crippen LogP contribution < -0.4 is 4.74 Å². The molecule has 0 bridgehead atoms. The van der Waals surface area contributed by atoms with Crippen molar-refractivity contribution in [3.05, 3.63) is 78.8 Å². The van der Waals surface area contributed by atoms with Crippen molar-refractivity contribution >= 4 is 5.97 Å². The van der Waals surface area contributed by atoms with Gasteiger partial charge in [-0.2, -0.15) is 0 Å². The molecule has 28 heavy (non-hydrogen) atoms. The van der Waals surface area contributed by atoms with E-state index in [9.17, 15) is 4.79 Å². The molecular formula is C21H16N4O3. The topological polar surface area (TPSA) is 90.1 Å². The summed E-state index contributed by atoms with van der Waals surface area (Å²) in [5, 5.41) is 17.4. The second kappa shape index (κ2) is 7.32. The Labute approximate surface area is 160 Å². The zero-order valence-corrected chi connectivity index (χ0v) is 15.0. The van der Waals surface area contributed by atoms with Gasteiger partial charge in [0.2, 0.25) is 0 Å². The first-order valence-electron chi connectivity index (χ1n) is 8.50. The lowest BCUT2D eigenvalue weighted by Gasteiger charge is -2.06. The van der Waals surface area contributed by atoms with Crippen molar-refractivity contribution in [1.29, 1.82) is 0 Å². The Morgan fingerprint density at radius 2 is 1.68 bits per heavy atom. The number of carbonyl (C=O) groups is 1. The van der Waals surface area contributed by atoms with Crippen LogP contribution in [0.1, 0.15) is 10.4 Å². The SMILES string of the molecule is COc1ccc(-c2cncc(-n3cc(-c4ccc(C(=O)O)cc4)nn3)c2)cc1. The highest BCUT2D eigenvalue weighted by molar-refractivity contribution is 5.88. The first kappa shape index (κ1) is 17.4. The monoisotopic (exact) mass is 372 g/mol. The summed E-state index contributed by atoms with van der Waals surface area (Å²) in [6, 6.07) is 16.2. The van der Waals surface area contributed by atoms with Crippen molar-refractivity contribution < 1.29 is 14.6 Å². The van der Waals surface area contributed by atoms with E-state index in [1.165, 1.54) is 0 Å². The Bertz CT molecular complexity index is 1120. The number of nitrogens with zero attached hydrogens (tertiary/aromatic N) is 4. The predicted octanol–water partition coefficient (Wildman–Crippen LogP) is 3.70. The maximum absolute atomic E-state index is 11.0. The van der Waals surface area contributed by atoms with E-state index in [4.69, 9.17) is 9.84 Å². The zero-order valence-electron chi connectivity index (χ0n) is 15.0. The highest BCUT2D eigenvalue weighted by Crippen LogP contribution is 2.24. The molecule has 0 spiro atoms. The molecule has 0 atom stereocenters. The fourth-order valence-electron chi connectivity index (χ4n) is 2.80. The van der Waals surface area contributed by atoms with Gasteiger partial charge in [-0.3, -0.25) is 4.98 Å². The van der Waals surface area contributed by atoms with Crippen LogP contribution in [0.25, 0.3) is 28.1 Å². The molecule has 0 fully saturated rings. The van der Waals surface area contributed by atoms with Crippen LogP contribution in [0.4, 0.5) is 0 Å². The van der Waals surface area contributed by atoms with Gasteiger partial charge >= 0.3 is 5.97 Å². The van der Waals surface area contributed by atoms with E-state index in [0.29, 0.717) is 5.69 Å². The number of hydrogen-bond acceptors (Lipinski definition) is 5. The first-order valence-corrected chi connectivity index (χ1v) is 8.50. The van der Waals surface area contributed by atoms with E-state index in [1.54, 1.807) is 54.6 Å². The van der Waals surface area contributed by atoms with Crippen molar-refractivity contribution in [3.63, 3.8) is 0 Å². The number of aromatic carboxylic acids is 1. The van der Waals surface area contributed by atoms with Gasteiger partial charge in [-0.15, -0.1) is 5.10 Å². The number of benzene rings is 2. The third kappa shape index (κ3) is 3.45. The predicted molar refractivity (Wildman–Crippen MR) is 104 cm³/mol. The standard InChI is InChI=1S/C21H16N4O3/c1-28-19-8-6-14(7-9-19)17-10-18(12-22-11-17)25-13-20(23-24-25)15-2-4-16(5-3-15)21(26)27/h2-13H,1H3,(H,26,27). The molecule has 7 heteroatoms. The molecule has 2 aromatic heterocycles. The molecule has 0 amide bonds. The normalized spacial score (nSPS) is 10.6. The van der Waals surface area contributed by atoms with E-state index in [2.05, 4.69) is 15.3 Å². The molecular weight excluding hydrogens is 356 g/mol. The summed E-state index contributed by atoms with van der Waals surface area (Å²) >= 11 is 0. The largest absolute Gasteiger partial charge is 0.497 e. The molecule has 7 nitrogen and oxygen atoms in total. The molecule has 138 valence electrons. The number of rotatable bonds is 5. The average Bonchev–Trinajstić information content (AvgIpc) is 3.24. The van der Waals surface area contributed by atoms with E-state index in [-0.39, 0.29) is 5.56 Å². The van der Waals surface area contributed by atoms with Gasteiger partial charge in [-0.25, -0.2) is 9.48 Å². The molecule has 0 radical (unpaired) electrons. The van der Waals surface area contributed by atoms with Crippen molar-refractivity contribution in [2.75, 3.05) is 7.11 Å². The lowest BCUT2D eigenvalue weighted by Crippen LogP contribution is -1.96. The number of hydrogen-bond donors (Lipinski definition) is 1. The second-order valence-corrected chi connectivity index (χ2v) is 6.09. The lowest BCUT2D eigenvalue weighted by atomic mass is 10.1. The smallest absolute Gasteiger partial charge is 0.335 e. The Balaban J connectivity index is 1.62. The maximum atomic E-state index is 11.0. The van der Waals surface area contributed by atoms with Gasteiger partial charge in [-0.1, -0.05) is 29.5 Å². The summed E-state index contributed by atoms with van der Waals surface area (Å²) in [4.78, 5) is 15.3. The van der Waals surface area contributed by atoms with Gasteiger partial charge in [0.05, 0.1) is 30.8 Å². The van der Waals surface area contributed by atoms with Crippen LogP contribution in [-0.2, 0) is 0 Å². The summed E-state index contributed by atoms with van der Waals surface area (Å²) < 4.78 is 6.83. The minimum atomic E-state index is -0.961. The molecule has 0 aliphatic rings. The molecule has 0 unspecified atom stereocenters. The van der Waals surface area contributed by atoms with Crippen LogP contribution in [0.5, 0.6) is 5.75 Å². The maximum Gasteiger partial charge on any atom is 0.335 e. The van der Waals surface area contributed by atoms with E-state index in [1.807, 2.05) is 30.3 Å². The molecule has 0 aliphatic carbocycles. The van der Waals surface area contributed by atoms with Crippen LogP contribution >= 0.6 is 0 Å². The Hall–Kier alpha value is -4.00. The van der Waals surface area contributed by atoms with Gasteiger partial charge in [0.25, 0.3) is 0 Å². The number of ether oxygens (including phenoxy) is 1. The minimum Gasteiger partial charge on any atom is -0.497 e. The van der Waals surface area contributed by atoms with Crippen molar-refractivity contribution in [2.24, 2.45) is 0 Å². The van der Waals surface area contributed by atoms with Gasteiger partial charge in [-0.05, 0) is 35.9 Å². The molecule has 4 aromatic rings. The highest BCUT2D eigenvalue weighted by Gasteiger charge is 2.09. The average molecular weight is 372 g/mol. The van der Waals surface area contributed by atoms with Gasteiger partial charge in [0, 0.05) is 17.3 Å². The van der Waals surface area contributed by atoms with Crippen LogP contribution in [0.15, 0.2) is 73.2 Å². The van der Waals surface area contributed by atoms with Crippen molar-refractivity contribution in [2.45, 2.75) is 0 Å². The summed E-state index contributed by atoms with van der Waals surface area (Å²) in [6.45, 7) is 0. The fourth-order valence-corrected chi connectivity index (χ4v) is 2.80. The molecule has 0 saturated heterocycles. The number of methoxy groups -OCH3 is 1. The van der Waals surface area contributed by atoms with Crippen LogP contribution in [0.3, 0.4) is 0 Å². The molecule has 2 heterocycles. The van der Waals surface area contributed by atoms with E-state index >= 15 is 0 Å². The molecule has 1 N–H and O–H groups in total. The Kier molecular flexibility index (Phi) is 4.55. The molecule has 0 saturated carbocycles. The Morgan fingerprint density at radius 1 is 0.964 bits per heavy atom. The van der Waals surface area contributed by atoms with Crippen LogP contribution in [-0.4, -0.2) is 38.2 Å². The summed E-state index contributed by atoms with van der Waals surface area (Å²) in [5.74, 6) is -0.167. The Morgan fingerprint density at radius 3 is 2.36 bits per heavy atom. The fraction of sp³-hybridized carbons (Fsp3) is 0.0476. The summed E-state index contributed by atoms with van der Waals surface area (Å²) in [6.07, 6.45) is 5.28. The lowest BCUT2D eigenvalue weighted by molar-refractivity contribution is 0.0697. The minimum absolute atomic E-state index is 0.229.